The molecular weight excluding hydrogens is 437 g/mol. The molecule has 1 fully saturated rings. The molecule has 1 aliphatic rings. The number of para-hydroxylation sites is 1. The van der Waals surface area contributed by atoms with Gasteiger partial charge in [0.1, 0.15) is 5.82 Å². The lowest BCUT2D eigenvalue weighted by atomic mass is 10.2. The Balaban J connectivity index is 1.32. The fourth-order valence-electron chi connectivity index (χ4n) is 4.26. The number of rotatable bonds is 4. The van der Waals surface area contributed by atoms with Crippen molar-refractivity contribution in [3.8, 4) is 0 Å². The SMILES string of the molecule is CCOC(=O)c1ccccc1NC(=O)N1CCN(c2nc3cc(F)ccc3n3cccc23)CC1. The van der Waals surface area contributed by atoms with E-state index in [1.165, 1.54) is 12.1 Å². The van der Waals surface area contributed by atoms with Crippen LogP contribution >= 0.6 is 0 Å². The van der Waals surface area contributed by atoms with Gasteiger partial charge < -0.3 is 24.3 Å². The number of hydrogen-bond acceptors (Lipinski definition) is 5. The van der Waals surface area contributed by atoms with Gasteiger partial charge in [0.2, 0.25) is 0 Å². The van der Waals surface area contributed by atoms with Gasteiger partial charge in [-0.15, -0.1) is 0 Å². The summed E-state index contributed by atoms with van der Waals surface area (Å²) >= 11 is 0. The van der Waals surface area contributed by atoms with E-state index in [-0.39, 0.29) is 18.5 Å². The number of anilines is 2. The van der Waals surface area contributed by atoms with Crippen LogP contribution in [0.3, 0.4) is 0 Å². The van der Waals surface area contributed by atoms with Gasteiger partial charge in [-0.2, -0.15) is 0 Å². The number of esters is 1. The molecule has 1 saturated heterocycles. The predicted molar refractivity (Wildman–Crippen MR) is 128 cm³/mol. The Morgan fingerprint density at radius 1 is 1.03 bits per heavy atom. The van der Waals surface area contributed by atoms with E-state index in [0.717, 1.165) is 16.9 Å². The number of urea groups is 1. The average molecular weight is 461 g/mol. The van der Waals surface area contributed by atoms with Crippen LogP contribution in [0.4, 0.5) is 20.7 Å². The van der Waals surface area contributed by atoms with Crippen LogP contribution < -0.4 is 10.2 Å². The normalized spacial score (nSPS) is 13.9. The highest BCUT2D eigenvalue weighted by Gasteiger charge is 2.25. The average Bonchev–Trinajstić information content (AvgIpc) is 3.34. The van der Waals surface area contributed by atoms with Crippen LogP contribution in [0.25, 0.3) is 16.6 Å². The number of carbonyl (C=O) groups is 2. The molecule has 34 heavy (non-hydrogen) atoms. The first-order valence-electron chi connectivity index (χ1n) is 11.2. The molecule has 174 valence electrons. The molecule has 5 rings (SSSR count). The number of hydrogen-bond donors (Lipinski definition) is 1. The largest absolute Gasteiger partial charge is 0.462 e. The zero-order valence-electron chi connectivity index (χ0n) is 18.7. The summed E-state index contributed by atoms with van der Waals surface area (Å²) in [6.45, 7) is 4.09. The number of amides is 2. The third kappa shape index (κ3) is 4.00. The Labute approximate surface area is 195 Å². The highest BCUT2D eigenvalue weighted by molar-refractivity contribution is 6.01. The van der Waals surface area contributed by atoms with Crippen molar-refractivity contribution in [3.05, 3.63) is 72.2 Å². The Kier molecular flexibility index (Phi) is 5.75. The minimum absolute atomic E-state index is 0.257. The first-order valence-corrected chi connectivity index (χ1v) is 11.2. The molecule has 0 spiro atoms. The zero-order chi connectivity index (χ0) is 23.7. The van der Waals surface area contributed by atoms with Gasteiger partial charge in [0, 0.05) is 38.4 Å². The third-order valence-electron chi connectivity index (χ3n) is 5.93. The van der Waals surface area contributed by atoms with Gasteiger partial charge in [0.15, 0.2) is 5.82 Å². The molecule has 0 saturated carbocycles. The quantitative estimate of drug-likeness (QED) is 0.462. The Morgan fingerprint density at radius 3 is 2.62 bits per heavy atom. The van der Waals surface area contributed by atoms with E-state index in [4.69, 9.17) is 9.72 Å². The minimum atomic E-state index is -0.474. The van der Waals surface area contributed by atoms with Gasteiger partial charge in [-0.3, -0.25) is 0 Å². The van der Waals surface area contributed by atoms with E-state index in [9.17, 15) is 14.0 Å². The molecular formula is C25H24FN5O3. The lowest BCUT2D eigenvalue weighted by molar-refractivity contribution is 0.0527. The molecule has 2 amide bonds. The van der Waals surface area contributed by atoms with Crippen molar-refractivity contribution >= 4 is 40.1 Å². The van der Waals surface area contributed by atoms with Crippen molar-refractivity contribution in [1.82, 2.24) is 14.3 Å². The summed E-state index contributed by atoms with van der Waals surface area (Å²) in [6.07, 6.45) is 1.94. The molecule has 0 radical (unpaired) electrons. The van der Waals surface area contributed by atoms with E-state index >= 15 is 0 Å². The number of carbonyl (C=O) groups excluding carboxylic acids is 2. The standard InChI is InChI=1S/C25H24FN5O3/c1-2-34-24(32)18-6-3-4-7-19(18)28-25(33)30-14-12-29(13-15-30)23-22-8-5-11-31(22)21-10-9-17(26)16-20(21)27-23/h3-11,16H,2,12-15H2,1H3,(H,28,33). The van der Waals surface area contributed by atoms with E-state index in [0.29, 0.717) is 42.9 Å². The van der Waals surface area contributed by atoms with Crippen molar-refractivity contribution in [2.75, 3.05) is 43.0 Å². The van der Waals surface area contributed by atoms with Gasteiger partial charge in [-0.1, -0.05) is 12.1 Å². The smallest absolute Gasteiger partial charge is 0.340 e. The number of halogens is 1. The lowest BCUT2D eigenvalue weighted by Gasteiger charge is -2.35. The molecule has 0 unspecified atom stereocenters. The van der Waals surface area contributed by atoms with Crippen LogP contribution in [0, 0.1) is 5.82 Å². The molecule has 1 aliphatic heterocycles. The van der Waals surface area contributed by atoms with Gasteiger partial charge in [0.05, 0.1) is 34.4 Å². The number of fused-ring (bicyclic) bond motifs is 3. The molecule has 0 bridgehead atoms. The molecule has 8 nitrogen and oxygen atoms in total. The summed E-state index contributed by atoms with van der Waals surface area (Å²) in [5.74, 6) is -0.0453. The second kappa shape index (κ2) is 9.01. The second-order valence-electron chi connectivity index (χ2n) is 8.00. The molecule has 3 heterocycles. The maximum Gasteiger partial charge on any atom is 0.340 e. The predicted octanol–water partition coefficient (Wildman–Crippen LogP) is 4.16. The number of nitrogens with zero attached hydrogens (tertiary/aromatic N) is 4. The maximum absolute atomic E-state index is 13.8. The monoisotopic (exact) mass is 461 g/mol. The molecule has 0 aliphatic carbocycles. The van der Waals surface area contributed by atoms with Crippen molar-refractivity contribution in [2.24, 2.45) is 0 Å². The van der Waals surface area contributed by atoms with Crippen LogP contribution in [0.5, 0.6) is 0 Å². The summed E-state index contributed by atoms with van der Waals surface area (Å²) < 4.78 is 20.9. The number of benzene rings is 2. The van der Waals surface area contributed by atoms with Crippen molar-refractivity contribution in [1.29, 1.82) is 0 Å². The van der Waals surface area contributed by atoms with Crippen LogP contribution in [0.2, 0.25) is 0 Å². The number of aromatic nitrogens is 2. The van der Waals surface area contributed by atoms with Crippen LogP contribution in [-0.2, 0) is 4.74 Å². The first kappa shape index (κ1) is 21.7. The molecule has 1 N–H and O–H groups in total. The van der Waals surface area contributed by atoms with Gasteiger partial charge in [-0.05, 0) is 43.3 Å². The highest BCUT2D eigenvalue weighted by Crippen LogP contribution is 2.27. The molecule has 9 heteroatoms. The fourth-order valence-corrected chi connectivity index (χ4v) is 4.26. The van der Waals surface area contributed by atoms with Gasteiger partial charge >= 0.3 is 12.0 Å². The van der Waals surface area contributed by atoms with Crippen LogP contribution in [-0.4, -0.2) is 59.1 Å². The number of ether oxygens (including phenoxy) is 1. The summed E-state index contributed by atoms with van der Waals surface area (Å²) in [6, 6.07) is 15.0. The van der Waals surface area contributed by atoms with E-state index in [1.807, 2.05) is 22.7 Å². The van der Waals surface area contributed by atoms with Crippen molar-refractivity contribution in [3.63, 3.8) is 0 Å². The maximum atomic E-state index is 13.8. The molecule has 0 atom stereocenters. The van der Waals surface area contributed by atoms with Crippen LogP contribution in [0.1, 0.15) is 17.3 Å². The lowest BCUT2D eigenvalue weighted by Crippen LogP contribution is -2.50. The van der Waals surface area contributed by atoms with Gasteiger partial charge in [0.25, 0.3) is 0 Å². The Morgan fingerprint density at radius 2 is 1.82 bits per heavy atom. The summed E-state index contributed by atoms with van der Waals surface area (Å²) in [5, 5.41) is 2.84. The van der Waals surface area contributed by atoms with E-state index < -0.39 is 5.97 Å². The summed E-state index contributed by atoms with van der Waals surface area (Å²) in [7, 11) is 0. The second-order valence-corrected chi connectivity index (χ2v) is 8.00. The zero-order valence-corrected chi connectivity index (χ0v) is 18.7. The molecule has 2 aromatic carbocycles. The summed E-state index contributed by atoms with van der Waals surface area (Å²) in [4.78, 5) is 33.7. The molecule has 2 aromatic heterocycles. The fraction of sp³-hybridized carbons (Fsp3) is 0.240. The van der Waals surface area contributed by atoms with E-state index in [1.54, 1.807) is 42.2 Å². The number of nitrogens with one attached hydrogen (secondary N) is 1. The minimum Gasteiger partial charge on any atom is -0.462 e. The van der Waals surface area contributed by atoms with Crippen molar-refractivity contribution < 1.29 is 18.7 Å². The van der Waals surface area contributed by atoms with Gasteiger partial charge in [-0.25, -0.2) is 19.0 Å². The first-order chi connectivity index (χ1) is 16.5. The third-order valence-corrected chi connectivity index (χ3v) is 5.93. The highest BCUT2D eigenvalue weighted by atomic mass is 19.1. The van der Waals surface area contributed by atoms with E-state index in [2.05, 4.69) is 10.2 Å². The topological polar surface area (TPSA) is 79.2 Å². The molecule has 4 aromatic rings. The Hall–Kier alpha value is -4.14. The number of piperazine rings is 1. The Bertz CT molecular complexity index is 1380. The van der Waals surface area contributed by atoms with Crippen molar-refractivity contribution in [2.45, 2.75) is 6.92 Å². The summed E-state index contributed by atoms with van der Waals surface area (Å²) in [5.41, 5.74) is 3.08. The van der Waals surface area contributed by atoms with Crippen LogP contribution in [0.15, 0.2) is 60.8 Å².